The maximum Gasteiger partial charge on any atom is 0.417 e. The largest absolute Gasteiger partial charge is 0.473 e. The lowest BCUT2D eigenvalue weighted by molar-refractivity contribution is -0.376. The van der Waals surface area contributed by atoms with Crippen molar-refractivity contribution in [2.75, 3.05) is 13.2 Å². The van der Waals surface area contributed by atoms with Crippen LogP contribution in [0.5, 0.6) is 0 Å². The third-order valence-corrected chi connectivity index (χ3v) is 9.69. The number of aliphatic hydroxyl groups is 7. The number of aliphatic carboxylic acids is 1. The second kappa shape index (κ2) is 25.9. The molecule has 0 radical (unpaired) electrons. The zero-order chi connectivity index (χ0) is 38.5. The lowest BCUT2D eigenvalue weighted by Crippen LogP contribution is -2.64. The van der Waals surface area contributed by atoms with Crippen LogP contribution in [0.4, 0.5) is 0 Å². The van der Waals surface area contributed by atoms with E-state index in [9.17, 15) is 50.1 Å². The minimum Gasteiger partial charge on any atom is -0.473 e. The van der Waals surface area contributed by atoms with Crippen LogP contribution in [0.2, 0.25) is 0 Å². The normalized spacial score (nSPS) is 29.8. The first-order valence-electron chi connectivity index (χ1n) is 19.2. The fourth-order valence-electron chi connectivity index (χ4n) is 6.50. The van der Waals surface area contributed by atoms with E-state index < -0.39 is 92.5 Å². The zero-order valence-electron chi connectivity index (χ0n) is 30.5. The topological polar surface area (TPSA) is 259 Å². The van der Waals surface area contributed by atoms with Crippen LogP contribution < -0.4 is 0 Å². The van der Waals surface area contributed by atoms with Gasteiger partial charge in [-0.25, -0.2) is 9.59 Å². The maximum absolute atomic E-state index is 12.6. The van der Waals surface area contributed by atoms with Gasteiger partial charge in [-0.2, -0.15) is 0 Å². The Morgan fingerprint density at radius 3 is 1.56 bits per heavy atom. The highest BCUT2D eigenvalue weighted by atomic mass is 16.8. The molecule has 0 spiro atoms. The molecule has 2 aliphatic heterocycles. The summed E-state index contributed by atoms with van der Waals surface area (Å²) in [7, 11) is 0. The summed E-state index contributed by atoms with van der Waals surface area (Å²) in [5.41, 5.74) is 0. The molecule has 0 amide bonds. The molecule has 2 rings (SSSR count). The van der Waals surface area contributed by atoms with E-state index in [-0.39, 0.29) is 12.5 Å². The van der Waals surface area contributed by atoms with Crippen LogP contribution in [0.25, 0.3) is 0 Å². The first-order valence-corrected chi connectivity index (χ1v) is 19.2. The molecule has 304 valence electrons. The Labute approximate surface area is 306 Å². The molecule has 0 bridgehead atoms. The van der Waals surface area contributed by atoms with E-state index in [2.05, 4.69) is 6.92 Å². The van der Waals surface area contributed by atoms with Crippen molar-refractivity contribution in [2.24, 2.45) is 0 Å². The number of carboxylic acids is 1. The van der Waals surface area contributed by atoms with Gasteiger partial charge in [-0.1, -0.05) is 90.4 Å². The van der Waals surface area contributed by atoms with Crippen LogP contribution in [0.3, 0.4) is 0 Å². The molecule has 52 heavy (non-hydrogen) atoms. The lowest BCUT2D eigenvalue weighted by atomic mass is 9.98. The van der Waals surface area contributed by atoms with Crippen molar-refractivity contribution in [1.29, 1.82) is 0 Å². The lowest BCUT2D eigenvalue weighted by Gasteiger charge is -2.45. The molecule has 16 heteroatoms. The second-order valence-electron chi connectivity index (χ2n) is 14.0. The standard InChI is InChI=1S/C36H64O16/c1-2-3-15-18-23(48-34(47)33(45)46)19-16-13-11-9-7-5-4-6-8-10-12-14-17-20-26(39)51-32-28(41)25(22-38)50-36(31(32)44)52-35-30(43)29(42)27(40)24(21-37)49-35/h23-25,27-32,35-38,40-44H,2-22H2,1H3,(H,45,46)/t23?,24-,25-,27-,28-,29+,30-,31-,32+,35-,36-/m1/s1. The number of carbonyl (C=O) groups excluding carboxylic acids is 2. The Bertz CT molecular complexity index is 997. The van der Waals surface area contributed by atoms with E-state index in [1.807, 2.05) is 0 Å². The number of ether oxygens (including phenoxy) is 5. The Morgan fingerprint density at radius 1 is 0.596 bits per heavy atom. The predicted molar refractivity (Wildman–Crippen MR) is 183 cm³/mol. The summed E-state index contributed by atoms with van der Waals surface area (Å²) in [6, 6.07) is 0. The van der Waals surface area contributed by atoms with Gasteiger partial charge in [-0.05, 0) is 32.1 Å². The minimum absolute atomic E-state index is 0.0474. The van der Waals surface area contributed by atoms with Crippen molar-refractivity contribution in [2.45, 2.75) is 196 Å². The van der Waals surface area contributed by atoms with E-state index >= 15 is 0 Å². The number of carbonyl (C=O) groups is 3. The average Bonchev–Trinajstić information content (AvgIpc) is 3.12. The highest BCUT2D eigenvalue weighted by molar-refractivity contribution is 6.28. The molecular weight excluding hydrogens is 688 g/mol. The van der Waals surface area contributed by atoms with Crippen LogP contribution in [0, 0.1) is 0 Å². The van der Waals surface area contributed by atoms with Gasteiger partial charge in [0.05, 0.1) is 13.2 Å². The summed E-state index contributed by atoms with van der Waals surface area (Å²) in [5, 5.41) is 79.5. The number of carboxylic acid groups (broad SMARTS) is 1. The van der Waals surface area contributed by atoms with E-state index in [1.165, 1.54) is 0 Å². The number of aliphatic hydroxyl groups excluding tert-OH is 7. The van der Waals surface area contributed by atoms with E-state index in [0.717, 1.165) is 96.3 Å². The Balaban J connectivity index is 1.56. The summed E-state index contributed by atoms with van der Waals surface area (Å²) < 4.78 is 26.6. The maximum atomic E-state index is 12.6. The molecule has 2 aliphatic rings. The van der Waals surface area contributed by atoms with Crippen LogP contribution in [0.1, 0.15) is 129 Å². The van der Waals surface area contributed by atoms with Crippen LogP contribution in [-0.2, 0) is 38.1 Å². The van der Waals surface area contributed by atoms with Gasteiger partial charge in [0.1, 0.15) is 48.8 Å². The van der Waals surface area contributed by atoms with E-state index in [1.54, 1.807) is 0 Å². The third-order valence-electron chi connectivity index (χ3n) is 9.69. The Hall–Kier alpha value is -1.99. The molecule has 8 N–H and O–H groups in total. The quantitative estimate of drug-likeness (QED) is 0.0354. The van der Waals surface area contributed by atoms with Gasteiger partial charge >= 0.3 is 17.9 Å². The van der Waals surface area contributed by atoms with Crippen molar-refractivity contribution in [3.8, 4) is 0 Å². The van der Waals surface area contributed by atoms with Gasteiger partial charge in [0.25, 0.3) is 0 Å². The fourth-order valence-corrected chi connectivity index (χ4v) is 6.50. The molecule has 2 heterocycles. The molecule has 0 aromatic rings. The van der Waals surface area contributed by atoms with E-state index in [0.29, 0.717) is 19.3 Å². The molecule has 16 nitrogen and oxygen atoms in total. The van der Waals surface area contributed by atoms with Crippen molar-refractivity contribution >= 4 is 17.9 Å². The molecule has 11 atom stereocenters. The monoisotopic (exact) mass is 752 g/mol. The van der Waals surface area contributed by atoms with Crippen molar-refractivity contribution < 1.29 is 78.9 Å². The molecule has 2 fully saturated rings. The summed E-state index contributed by atoms with van der Waals surface area (Å²) in [5.74, 6) is -3.38. The molecule has 0 saturated carbocycles. The van der Waals surface area contributed by atoms with E-state index in [4.69, 9.17) is 28.8 Å². The number of hydrogen-bond acceptors (Lipinski definition) is 15. The molecule has 2 saturated heterocycles. The van der Waals surface area contributed by atoms with Crippen LogP contribution in [0.15, 0.2) is 0 Å². The zero-order valence-corrected chi connectivity index (χ0v) is 30.5. The molecule has 0 aromatic heterocycles. The van der Waals surface area contributed by atoms with Gasteiger partial charge in [0, 0.05) is 6.42 Å². The third kappa shape index (κ3) is 16.2. The van der Waals surface area contributed by atoms with Crippen molar-refractivity contribution in [1.82, 2.24) is 0 Å². The SMILES string of the molecule is CCCCCC(CCCCCCCCCCCCCCCC(=O)O[C@@H]1[C@@H](O)[C@@H](O[C@H]2O[C@H](CO)[C@@H](O)[C@H](O)[C@H]2O)O[C@H](CO)[C@H]1O)OC(=O)C(=O)O. The minimum atomic E-state index is -1.79. The summed E-state index contributed by atoms with van der Waals surface area (Å²) >= 11 is 0. The molecule has 0 aliphatic carbocycles. The summed E-state index contributed by atoms with van der Waals surface area (Å²) in [4.78, 5) is 34.9. The number of esters is 2. The smallest absolute Gasteiger partial charge is 0.417 e. The number of rotatable bonds is 26. The van der Waals surface area contributed by atoms with Crippen molar-refractivity contribution in [3.63, 3.8) is 0 Å². The van der Waals surface area contributed by atoms with Gasteiger partial charge in [0.2, 0.25) is 0 Å². The first-order chi connectivity index (χ1) is 24.9. The van der Waals surface area contributed by atoms with Gasteiger partial charge < -0.3 is 64.5 Å². The van der Waals surface area contributed by atoms with Gasteiger partial charge in [-0.15, -0.1) is 0 Å². The highest BCUT2D eigenvalue weighted by Crippen LogP contribution is 2.29. The first kappa shape index (κ1) is 46.2. The summed E-state index contributed by atoms with van der Waals surface area (Å²) in [6.45, 7) is 0.673. The fraction of sp³-hybridized carbons (Fsp3) is 0.917. The second-order valence-corrected chi connectivity index (χ2v) is 14.0. The Morgan fingerprint density at radius 2 is 1.06 bits per heavy atom. The number of unbranched alkanes of at least 4 members (excludes halogenated alkanes) is 14. The van der Waals surface area contributed by atoms with Crippen LogP contribution >= 0.6 is 0 Å². The predicted octanol–water partition coefficient (Wildman–Crippen LogP) is 1.58. The van der Waals surface area contributed by atoms with Crippen LogP contribution in [-0.4, -0.2) is 139 Å². The van der Waals surface area contributed by atoms with Crippen molar-refractivity contribution in [3.05, 3.63) is 0 Å². The van der Waals surface area contributed by atoms with Gasteiger partial charge in [-0.3, -0.25) is 4.79 Å². The Kier molecular flexibility index (Phi) is 23.0. The molecular formula is C36H64O16. The average molecular weight is 753 g/mol. The summed E-state index contributed by atoms with van der Waals surface area (Å²) in [6.07, 6.45) is 1.39. The highest BCUT2D eigenvalue weighted by Gasteiger charge is 2.51. The molecule has 0 aromatic carbocycles. The molecule has 1 unspecified atom stereocenters. The van der Waals surface area contributed by atoms with Gasteiger partial charge in [0.15, 0.2) is 18.7 Å². The number of hydrogen-bond donors (Lipinski definition) is 8.